The molecule has 0 unspecified atom stereocenters. The Kier molecular flexibility index (Phi) is 2.94. The fraction of sp³-hybridized carbons (Fsp3) is 0.125. The van der Waals surface area contributed by atoms with Crippen LogP contribution in [0, 0.1) is 5.82 Å². The van der Waals surface area contributed by atoms with Crippen molar-refractivity contribution in [1.29, 1.82) is 0 Å². The minimum absolute atomic E-state index is 0.151. The fourth-order valence-corrected chi connectivity index (χ4v) is 1.61. The number of rotatable bonds is 1. The predicted octanol–water partition coefficient (Wildman–Crippen LogP) is 3.42. The van der Waals surface area contributed by atoms with Gasteiger partial charge in [0, 0.05) is 10.0 Å². The lowest BCUT2D eigenvalue weighted by molar-refractivity contribution is -0.140. The fourth-order valence-electron chi connectivity index (χ4n) is 0.932. The Morgan fingerprint density at radius 1 is 1.29 bits per heavy atom. The van der Waals surface area contributed by atoms with E-state index in [2.05, 4.69) is 15.9 Å². The standard InChI is InChI=1S/C8H3BrF4O/c9-5-1-4(3-14)2-6(10)7(5)8(11,12)13/h1-3H. The molecule has 0 bridgehead atoms. The van der Waals surface area contributed by atoms with Crippen molar-refractivity contribution in [2.45, 2.75) is 6.18 Å². The summed E-state index contributed by atoms with van der Waals surface area (Å²) in [6, 6.07) is 1.46. The summed E-state index contributed by atoms with van der Waals surface area (Å²) in [5.41, 5.74) is -1.55. The SMILES string of the molecule is O=Cc1cc(F)c(C(F)(F)F)c(Br)c1. The number of alkyl halides is 3. The summed E-state index contributed by atoms with van der Waals surface area (Å²) in [6.45, 7) is 0. The maximum absolute atomic E-state index is 12.9. The van der Waals surface area contributed by atoms with E-state index in [0.717, 1.165) is 6.07 Å². The second-order valence-electron chi connectivity index (χ2n) is 2.48. The van der Waals surface area contributed by atoms with Crippen LogP contribution in [0.3, 0.4) is 0 Å². The van der Waals surface area contributed by atoms with Crippen LogP contribution in [0.5, 0.6) is 0 Å². The number of carbonyl (C=O) groups excluding carboxylic acids is 1. The zero-order valence-electron chi connectivity index (χ0n) is 6.53. The van der Waals surface area contributed by atoms with Crippen LogP contribution < -0.4 is 0 Å². The van der Waals surface area contributed by atoms with Gasteiger partial charge in [-0.3, -0.25) is 4.79 Å². The molecule has 1 nitrogen and oxygen atoms in total. The highest BCUT2D eigenvalue weighted by atomic mass is 79.9. The monoisotopic (exact) mass is 270 g/mol. The van der Waals surface area contributed by atoms with E-state index < -0.39 is 22.0 Å². The molecule has 0 saturated carbocycles. The first kappa shape index (κ1) is 11.2. The van der Waals surface area contributed by atoms with Gasteiger partial charge in [-0.05, 0) is 12.1 Å². The summed E-state index contributed by atoms with van der Waals surface area (Å²) in [7, 11) is 0. The van der Waals surface area contributed by atoms with Crippen molar-refractivity contribution in [1.82, 2.24) is 0 Å². The predicted molar refractivity (Wildman–Crippen MR) is 44.5 cm³/mol. The smallest absolute Gasteiger partial charge is 0.298 e. The van der Waals surface area contributed by atoms with Gasteiger partial charge in [-0.2, -0.15) is 13.2 Å². The second-order valence-corrected chi connectivity index (χ2v) is 3.33. The van der Waals surface area contributed by atoms with E-state index in [0.29, 0.717) is 6.07 Å². The van der Waals surface area contributed by atoms with Crippen molar-refractivity contribution in [2.24, 2.45) is 0 Å². The van der Waals surface area contributed by atoms with Crippen LogP contribution in [0.1, 0.15) is 15.9 Å². The van der Waals surface area contributed by atoms with E-state index in [-0.39, 0.29) is 11.8 Å². The molecule has 0 atom stereocenters. The van der Waals surface area contributed by atoms with E-state index in [1.165, 1.54) is 0 Å². The lowest BCUT2D eigenvalue weighted by Crippen LogP contribution is -2.09. The Hall–Kier alpha value is -0.910. The number of benzene rings is 1. The van der Waals surface area contributed by atoms with Gasteiger partial charge in [0.05, 0.1) is 0 Å². The molecule has 6 heteroatoms. The Morgan fingerprint density at radius 2 is 1.86 bits per heavy atom. The van der Waals surface area contributed by atoms with Crippen LogP contribution in [0.15, 0.2) is 16.6 Å². The van der Waals surface area contributed by atoms with Gasteiger partial charge in [-0.25, -0.2) is 4.39 Å². The molecule has 1 aromatic carbocycles. The van der Waals surface area contributed by atoms with Crippen molar-refractivity contribution < 1.29 is 22.4 Å². The first-order valence-electron chi connectivity index (χ1n) is 3.37. The first-order valence-corrected chi connectivity index (χ1v) is 4.17. The minimum Gasteiger partial charge on any atom is -0.298 e. The highest BCUT2D eigenvalue weighted by molar-refractivity contribution is 9.10. The van der Waals surface area contributed by atoms with Crippen LogP contribution in [-0.4, -0.2) is 6.29 Å². The number of halogens is 5. The summed E-state index contributed by atoms with van der Waals surface area (Å²) in [4.78, 5) is 10.2. The van der Waals surface area contributed by atoms with Crippen molar-refractivity contribution in [3.63, 3.8) is 0 Å². The summed E-state index contributed by atoms with van der Waals surface area (Å²) in [6.07, 6.45) is -4.50. The van der Waals surface area contributed by atoms with Gasteiger partial charge >= 0.3 is 6.18 Å². The number of aldehydes is 1. The second kappa shape index (κ2) is 3.68. The Labute approximate surface area is 84.9 Å². The topological polar surface area (TPSA) is 17.1 Å². The molecule has 1 aromatic rings. The molecule has 0 radical (unpaired) electrons. The maximum Gasteiger partial charge on any atom is 0.420 e. The molecule has 1 rings (SSSR count). The van der Waals surface area contributed by atoms with Crippen molar-refractivity contribution in [3.8, 4) is 0 Å². The molecule has 0 saturated heterocycles. The van der Waals surface area contributed by atoms with E-state index >= 15 is 0 Å². The molecule has 0 spiro atoms. The summed E-state index contributed by atoms with van der Waals surface area (Å²) < 4.78 is 49.0. The molecule has 0 aliphatic heterocycles. The van der Waals surface area contributed by atoms with Gasteiger partial charge in [0.15, 0.2) is 0 Å². The van der Waals surface area contributed by atoms with Crippen LogP contribution in [0.2, 0.25) is 0 Å². The number of hydrogen-bond acceptors (Lipinski definition) is 1. The molecule has 76 valence electrons. The molecule has 0 amide bonds. The van der Waals surface area contributed by atoms with Gasteiger partial charge in [0.2, 0.25) is 0 Å². The van der Waals surface area contributed by atoms with E-state index in [4.69, 9.17) is 0 Å². The van der Waals surface area contributed by atoms with Crippen LogP contribution in [0.4, 0.5) is 17.6 Å². The Morgan fingerprint density at radius 3 is 2.21 bits per heavy atom. The van der Waals surface area contributed by atoms with Crippen LogP contribution in [-0.2, 0) is 6.18 Å². The highest BCUT2D eigenvalue weighted by Crippen LogP contribution is 2.37. The molecular weight excluding hydrogens is 268 g/mol. The molecule has 0 aromatic heterocycles. The molecule has 0 aliphatic rings. The van der Waals surface area contributed by atoms with E-state index in [1.54, 1.807) is 0 Å². The zero-order valence-corrected chi connectivity index (χ0v) is 8.12. The van der Waals surface area contributed by atoms with Gasteiger partial charge in [0.25, 0.3) is 0 Å². The average molecular weight is 271 g/mol. The molecule has 0 N–H and O–H groups in total. The third kappa shape index (κ3) is 2.12. The zero-order chi connectivity index (χ0) is 10.9. The van der Waals surface area contributed by atoms with Gasteiger partial charge < -0.3 is 0 Å². The van der Waals surface area contributed by atoms with Gasteiger partial charge in [-0.15, -0.1) is 0 Å². The highest BCUT2D eigenvalue weighted by Gasteiger charge is 2.36. The molecule has 14 heavy (non-hydrogen) atoms. The van der Waals surface area contributed by atoms with Gasteiger partial charge in [-0.1, -0.05) is 15.9 Å². The third-order valence-electron chi connectivity index (χ3n) is 1.48. The molecule has 0 heterocycles. The quantitative estimate of drug-likeness (QED) is 0.565. The number of hydrogen-bond donors (Lipinski definition) is 0. The molecule has 0 aliphatic carbocycles. The lowest BCUT2D eigenvalue weighted by Gasteiger charge is -2.10. The maximum atomic E-state index is 12.9. The van der Waals surface area contributed by atoms with Crippen LogP contribution >= 0.6 is 15.9 Å². The van der Waals surface area contributed by atoms with Crippen molar-refractivity contribution in [2.75, 3.05) is 0 Å². The Bertz CT molecular complexity index is 349. The average Bonchev–Trinajstić information content (AvgIpc) is 1.99. The largest absolute Gasteiger partial charge is 0.420 e. The summed E-state index contributed by atoms with van der Waals surface area (Å²) >= 11 is 2.56. The minimum atomic E-state index is -4.77. The van der Waals surface area contributed by atoms with Crippen LogP contribution in [0.25, 0.3) is 0 Å². The third-order valence-corrected chi connectivity index (χ3v) is 2.11. The van der Waals surface area contributed by atoms with Gasteiger partial charge in [0.1, 0.15) is 17.7 Å². The summed E-state index contributed by atoms with van der Waals surface area (Å²) in [5.74, 6) is -1.46. The normalized spacial score (nSPS) is 11.5. The lowest BCUT2D eigenvalue weighted by atomic mass is 10.1. The number of carbonyl (C=O) groups is 1. The summed E-state index contributed by atoms with van der Waals surface area (Å²) in [5, 5.41) is 0. The molecule has 0 fully saturated rings. The Balaban J connectivity index is 3.40. The van der Waals surface area contributed by atoms with Crippen molar-refractivity contribution in [3.05, 3.63) is 33.5 Å². The molecular formula is C8H3BrF4O. The van der Waals surface area contributed by atoms with E-state index in [1.807, 2.05) is 0 Å². The first-order chi connectivity index (χ1) is 6.36. The van der Waals surface area contributed by atoms with E-state index in [9.17, 15) is 22.4 Å². The van der Waals surface area contributed by atoms with Crippen molar-refractivity contribution >= 4 is 22.2 Å².